The summed E-state index contributed by atoms with van der Waals surface area (Å²) in [6, 6.07) is 17.4. The number of hydrogen-bond acceptors (Lipinski definition) is 4. The second-order valence-electron chi connectivity index (χ2n) is 13.1. The zero-order chi connectivity index (χ0) is 26.1. The molecule has 0 spiro atoms. The van der Waals surface area contributed by atoms with Gasteiger partial charge in [-0.05, 0) is 123 Å². The predicted octanol–water partition coefficient (Wildman–Crippen LogP) is 8.32. The Hall–Kier alpha value is -2.04. The van der Waals surface area contributed by atoms with E-state index < -0.39 is 5.41 Å². The van der Waals surface area contributed by atoms with Crippen LogP contribution < -0.4 is 0 Å². The van der Waals surface area contributed by atoms with E-state index in [-0.39, 0.29) is 23.8 Å². The topological polar surface area (TPSA) is 35.5 Å². The van der Waals surface area contributed by atoms with Crippen molar-refractivity contribution in [2.45, 2.75) is 89.4 Å². The van der Waals surface area contributed by atoms with Crippen LogP contribution in [-0.2, 0) is 19.9 Å². The summed E-state index contributed by atoms with van der Waals surface area (Å²) >= 11 is 4.87. The van der Waals surface area contributed by atoms with Crippen LogP contribution in [0.4, 0.5) is 0 Å². The van der Waals surface area contributed by atoms with Gasteiger partial charge in [-0.2, -0.15) is 0 Å². The van der Waals surface area contributed by atoms with E-state index in [2.05, 4.69) is 69.3 Å². The van der Waals surface area contributed by atoms with E-state index in [9.17, 15) is 4.79 Å². The second-order valence-corrected chi connectivity index (χ2v) is 13.5. The Morgan fingerprint density at radius 3 is 2.08 bits per heavy atom. The van der Waals surface area contributed by atoms with E-state index in [0.29, 0.717) is 23.7 Å². The molecule has 0 unspecified atom stereocenters. The van der Waals surface area contributed by atoms with Gasteiger partial charge >= 0.3 is 5.97 Å². The molecule has 0 N–H and O–H groups in total. The molecule has 37 heavy (non-hydrogen) atoms. The second kappa shape index (κ2) is 9.02. The number of hydrogen-bond donors (Lipinski definition) is 1. The first-order valence-corrected chi connectivity index (χ1v) is 14.6. The minimum Gasteiger partial charge on any atom is -0.461 e. The summed E-state index contributed by atoms with van der Waals surface area (Å²) in [6.07, 6.45) is 5.65. The van der Waals surface area contributed by atoms with E-state index >= 15 is 0 Å². The Labute approximate surface area is 226 Å². The molecule has 0 atom stereocenters. The van der Waals surface area contributed by atoms with Crippen LogP contribution in [0.5, 0.6) is 0 Å². The van der Waals surface area contributed by atoms with Crippen molar-refractivity contribution in [2.24, 2.45) is 29.1 Å². The predicted molar refractivity (Wildman–Crippen MR) is 153 cm³/mol. The van der Waals surface area contributed by atoms with Crippen LogP contribution in [0.1, 0.15) is 72.3 Å². The Balaban J connectivity index is 1.20. The van der Waals surface area contributed by atoms with Crippen LogP contribution in [0.15, 0.2) is 53.4 Å². The number of ether oxygens (including phenoxy) is 2. The van der Waals surface area contributed by atoms with E-state index in [1.54, 1.807) is 0 Å². The lowest BCUT2D eigenvalue weighted by Gasteiger charge is -2.58. The first-order valence-electron chi connectivity index (χ1n) is 14.1. The summed E-state index contributed by atoms with van der Waals surface area (Å²) in [5, 5.41) is 4.80. The molecule has 3 aromatic carbocycles. The maximum absolute atomic E-state index is 12.8. The van der Waals surface area contributed by atoms with Crippen LogP contribution in [0.2, 0.25) is 0 Å². The summed E-state index contributed by atoms with van der Waals surface area (Å²) in [5.41, 5.74) is 0.433. The highest BCUT2D eigenvalue weighted by Gasteiger charge is 2.56. The summed E-state index contributed by atoms with van der Waals surface area (Å²) < 4.78 is 13.2. The molecular formula is C33H40O3S. The lowest BCUT2D eigenvalue weighted by molar-refractivity contribution is -0.219. The standard InChI is InChI=1S/C33H40O3S/c1-6-32(2,3)31(34)35-28-21-14-23-16-22(28)17-24(15-21)29(23)36-33(4,5)25-11-12-27-20(18-25)13-19-9-7-8-10-26(19)30(27)37/h7-13,18,21-24,28-29,37H,6,14-17H2,1-5H3. The van der Waals surface area contributed by atoms with Crippen LogP contribution in [0.25, 0.3) is 21.5 Å². The van der Waals surface area contributed by atoms with Gasteiger partial charge in [0.1, 0.15) is 6.10 Å². The average Bonchev–Trinajstić information content (AvgIpc) is 2.86. The van der Waals surface area contributed by atoms with Gasteiger partial charge in [0.05, 0.1) is 17.1 Å². The summed E-state index contributed by atoms with van der Waals surface area (Å²) in [7, 11) is 0. The van der Waals surface area contributed by atoms with Gasteiger partial charge in [-0.3, -0.25) is 4.79 Å². The molecule has 4 heteroatoms. The molecule has 3 nitrogen and oxygen atoms in total. The van der Waals surface area contributed by atoms with Crippen LogP contribution in [0.3, 0.4) is 0 Å². The zero-order valence-corrected chi connectivity index (χ0v) is 23.7. The average molecular weight is 517 g/mol. The molecule has 0 heterocycles. The largest absolute Gasteiger partial charge is 0.461 e. The third-order valence-corrected chi connectivity index (χ3v) is 10.4. The third-order valence-electron chi connectivity index (χ3n) is 9.92. The number of carbonyl (C=O) groups is 1. The van der Waals surface area contributed by atoms with Crippen LogP contribution in [-0.4, -0.2) is 18.2 Å². The molecule has 0 saturated heterocycles. The number of carbonyl (C=O) groups excluding carboxylic acids is 1. The van der Waals surface area contributed by atoms with Gasteiger partial charge in [0.2, 0.25) is 0 Å². The quantitative estimate of drug-likeness (QED) is 0.203. The minimum absolute atomic E-state index is 0.0186. The van der Waals surface area contributed by atoms with Crippen molar-refractivity contribution in [3.63, 3.8) is 0 Å². The Kier molecular flexibility index (Phi) is 6.15. The molecule has 4 fully saturated rings. The lowest BCUT2D eigenvalue weighted by atomic mass is 9.53. The Bertz CT molecular complexity index is 1330. The monoisotopic (exact) mass is 516 g/mol. The molecule has 4 bridgehead atoms. The number of benzene rings is 3. The van der Waals surface area contributed by atoms with Crippen molar-refractivity contribution in [3.8, 4) is 0 Å². The van der Waals surface area contributed by atoms with Crippen molar-refractivity contribution in [2.75, 3.05) is 0 Å². The molecule has 4 aliphatic rings. The highest BCUT2D eigenvalue weighted by atomic mass is 32.1. The molecule has 4 saturated carbocycles. The highest BCUT2D eigenvalue weighted by Crippen LogP contribution is 2.57. The van der Waals surface area contributed by atoms with E-state index in [0.717, 1.165) is 37.0 Å². The molecule has 0 aliphatic heterocycles. The fourth-order valence-corrected chi connectivity index (χ4v) is 7.83. The molecule has 0 radical (unpaired) electrons. The summed E-state index contributed by atoms with van der Waals surface area (Å²) in [6.45, 7) is 10.5. The van der Waals surface area contributed by atoms with Gasteiger partial charge in [-0.25, -0.2) is 0 Å². The SMILES string of the molecule is CCC(C)(C)C(=O)OC1C2CC3CC1CC(C2)C3OC(C)(C)c1ccc2c(S)c3ccccc3cc2c1. The molecule has 7 rings (SSSR count). The maximum atomic E-state index is 12.8. The number of esters is 1. The Morgan fingerprint density at radius 1 is 0.838 bits per heavy atom. The molecule has 3 aromatic rings. The van der Waals surface area contributed by atoms with Crippen molar-refractivity contribution in [1.29, 1.82) is 0 Å². The van der Waals surface area contributed by atoms with E-state index in [1.807, 2.05) is 13.8 Å². The van der Waals surface area contributed by atoms with Crippen LogP contribution >= 0.6 is 12.6 Å². The summed E-state index contributed by atoms with van der Waals surface area (Å²) in [4.78, 5) is 13.9. The zero-order valence-electron chi connectivity index (χ0n) is 22.8. The van der Waals surface area contributed by atoms with Crippen molar-refractivity contribution < 1.29 is 14.3 Å². The Morgan fingerprint density at radius 2 is 1.43 bits per heavy atom. The lowest BCUT2D eigenvalue weighted by Crippen LogP contribution is -2.58. The summed E-state index contributed by atoms with van der Waals surface area (Å²) in [5.74, 6) is 2.08. The number of rotatable bonds is 6. The van der Waals surface area contributed by atoms with Gasteiger partial charge in [0.15, 0.2) is 0 Å². The van der Waals surface area contributed by atoms with E-state index in [1.165, 1.54) is 27.1 Å². The van der Waals surface area contributed by atoms with Gasteiger partial charge in [-0.1, -0.05) is 43.3 Å². The van der Waals surface area contributed by atoms with E-state index in [4.69, 9.17) is 22.1 Å². The molecule has 0 aromatic heterocycles. The van der Waals surface area contributed by atoms with Gasteiger partial charge < -0.3 is 9.47 Å². The normalized spacial score (nSPS) is 29.2. The molecular weight excluding hydrogens is 476 g/mol. The minimum atomic E-state index is -0.399. The number of thiol groups is 1. The highest BCUT2D eigenvalue weighted by molar-refractivity contribution is 7.80. The maximum Gasteiger partial charge on any atom is 0.311 e. The smallest absolute Gasteiger partial charge is 0.311 e. The fourth-order valence-electron chi connectivity index (χ4n) is 7.43. The van der Waals surface area contributed by atoms with Gasteiger partial charge in [-0.15, -0.1) is 12.6 Å². The molecule has 4 aliphatic carbocycles. The van der Waals surface area contributed by atoms with Gasteiger partial charge in [0.25, 0.3) is 0 Å². The first-order chi connectivity index (χ1) is 17.6. The van der Waals surface area contributed by atoms with Crippen molar-refractivity contribution in [1.82, 2.24) is 0 Å². The first kappa shape index (κ1) is 25.2. The van der Waals surface area contributed by atoms with Gasteiger partial charge in [0, 0.05) is 4.90 Å². The molecule has 0 amide bonds. The number of fused-ring (bicyclic) bond motifs is 2. The van der Waals surface area contributed by atoms with Crippen molar-refractivity contribution >= 4 is 40.1 Å². The van der Waals surface area contributed by atoms with Crippen LogP contribution in [0, 0.1) is 29.1 Å². The van der Waals surface area contributed by atoms with Crippen molar-refractivity contribution in [3.05, 3.63) is 54.1 Å². The molecule has 196 valence electrons. The third kappa shape index (κ3) is 4.29. The fraction of sp³-hybridized carbons (Fsp3) is 0.545.